The molecule has 1 aliphatic rings. The van der Waals surface area contributed by atoms with Gasteiger partial charge in [-0.25, -0.2) is 0 Å². The summed E-state index contributed by atoms with van der Waals surface area (Å²) in [5.74, 6) is 1.48. The Morgan fingerprint density at radius 2 is 1.97 bits per heavy atom. The number of nitrogens with zero attached hydrogens (tertiary/aromatic N) is 1. The van der Waals surface area contributed by atoms with Crippen LogP contribution in [0.5, 0.6) is 11.5 Å². The maximum Gasteiger partial charge on any atom is 0.274 e. The van der Waals surface area contributed by atoms with Gasteiger partial charge in [-0.15, -0.1) is 0 Å². The maximum absolute atomic E-state index is 12.5. The molecule has 6 nitrogen and oxygen atoms in total. The average Bonchev–Trinajstić information content (AvgIpc) is 3.26. The van der Waals surface area contributed by atoms with Gasteiger partial charge in [-0.2, -0.15) is 0 Å². The molecule has 0 radical (unpaired) electrons. The molecule has 0 aliphatic carbocycles. The number of pyridine rings is 1. The lowest BCUT2D eigenvalue weighted by molar-refractivity contribution is 0.211. The minimum absolute atomic E-state index is 0.0632. The van der Waals surface area contributed by atoms with Gasteiger partial charge in [-0.1, -0.05) is 30.3 Å². The molecular weight excluding hydrogens is 366 g/mol. The van der Waals surface area contributed by atoms with Crippen LogP contribution in [0.1, 0.15) is 11.7 Å². The summed E-state index contributed by atoms with van der Waals surface area (Å²) in [4.78, 5) is 15.5. The van der Waals surface area contributed by atoms with Gasteiger partial charge in [0.15, 0.2) is 5.75 Å². The first-order chi connectivity index (χ1) is 14.2. The van der Waals surface area contributed by atoms with E-state index in [-0.39, 0.29) is 11.7 Å². The summed E-state index contributed by atoms with van der Waals surface area (Å²) in [6, 6.07) is 16.0. The number of fused-ring (bicyclic) bond motifs is 2. The van der Waals surface area contributed by atoms with Crippen LogP contribution in [-0.2, 0) is 7.05 Å². The Hall–Kier alpha value is -3.67. The molecule has 2 N–H and O–H groups in total. The highest BCUT2D eigenvalue weighted by Crippen LogP contribution is 2.46. The van der Waals surface area contributed by atoms with Crippen molar-refractivity contribution in [2.24, 2.45) is 7.05 Å². The summed E-state index contributed by atoms with van der Waals surface area (Å²) in [6.45, 7) is 0.663. The van der Waals surface area contributed by atoms with E-state index in [0.717, 1.165) is 39.3 Å². The lowest BCUT2D eigenvalue weighted by atomic mass is 9.99. The van der Waals surface area contributed by atoms with Gasteiger partial charge in [0.25, 0.3) is 5.56 Å². The summed E-state index contributed by atoms with van der Waals surface area (Å²) < 4.78 is 13.6. The number of aromatic nitrogens is 2. The highest BCUT2D eigenvalue weighted by molar-refractivity contribution is 5.97. The van der Waals surface area contributed by atoms with Crippen LogP contribution in [-0.4, -0.2) is 23.2 Å². The van der Waals surface area contributed by atoms with Crippen LogP contribution in [0.4, 0.5) is 5.69 Å². The molecule has 5 rings (SSSR count). The first-order valence-electron chi connectivity index (χ1n) is 9.50. The zero-order valence-electron chi connectivity index (χ0n) is 16.2. The number of nitrogens with one attached hydrogen (secondary N) is 2. The second kappa shape index (κ2) is 6.74. The predicted octanol–water partition coefficient (Wildman–Crippen LogP) is 4.09. The minimum Gasteiger partial charge on any atom is -0.497 e. The molecule has 0 fully saturated rings. The lowest BCUT2D eigenvalue weighted by Gasteiger charge is -2.30. The van der Waals surface area contributed by atoms with Crippen molar-refractivity contribution < 1.29 is 9.47 Å². The predicted molar refractivity (Wildman–Crippen MR) is 114 cm³/mol. The normalized spacial score (nSPS) is 15.4. The van der Waals surface area contributed by atoms with E-state index in [1.165, 1.54) is 0 Å². The number of methoxy groups -OCH3 is 1. The molecule has 2 aromatic carbocycles. The molecule has 2 aromatic heterocycles. The Bertz CT molecular complexity index is 1260. The second-order valence-corrected chi connectivity index (χ2v) is 7.17. The highest BCUT2D eigenvalue weighted by Gasteiger charge is 2.26. The van der Waals surface area contributed by atoms with Crippen molar-refractivity contribution in [3.05, 3.63) is 76.8 Å². The molecule has 29 heavy (non-hydrogen) atoms. The fourth-order valence-electron chi connectivity index (χ4n) is 3.90. The molecule has 6 heteroatoms. The van der Waals surface area contributed by atoms with Crippen molar-refractivity contribution in [3.63, 3.8) is 0 Å². The average molecular weight is 387 g/mol. The van der Waals surface area contributed by atoms with E-state index in [1.54, 1.807) is 24.9 Å². The molecule has 0 saturated carbocycles. The first kappa shape index (κ1) is 17.4. The van der Waals surface area contributed by atoms with Crippen LogP contribution in [0.3, 0.4) is 0 Å². The Balaban J connectivity index is 1.72. The number of ether oxygens (including phenoxy) is 2. The van der Waals surface area contributed by atoms with Crippen molar-refractivity contribution in [1.29, 1.82) is 0 Å². The first-order valence-corrected chi connectivity index (χ1v) is 9.50. The summed E-state index contributed by atoms with van der Waals surface area (Å²) >= 11 is 0. The second-order valence-electron chi connectivity index (χ2n) is 7.17. The van der Waals surface area contributed by atoms with Crippen molar-refractivity contribution in [3.8, 4) is 22.6 Å². The van der Waals surface area contributed by atoms with E-state index in [1.807, 2.05) is 42.6 Å². The zero-order valence-corrected chi connectivity index (χ0v) is 16.2. The third kappa shape index (κ3) is 2.84. The highest BCUT2D eigenvalue weighted by atomic mass is 16.5. The fourth-order valence-corrected chi connectivity index (χ4v) is 3.90. The van der Waals surface area contributed by atoms with E-state index in [4.69, 9.17) is 9.47 Å². The van der Waals surface area contributed by atoms with Crippen LogP contribution in [0.25, 0.3) is 22.0 Å². The Morgan fingerprint density at radius 1 is 1.14 bits per heavy atom. The molecule has 0 amide bonds. The Labute approximate surface area is 167 Å². The fraction of sp³-hybridized carbons (Fsp3) is 0.174. The molecule has 0 spiro atoms. The van der Waals surface area contributed by atoms with Gasteiger partial charge in [0.1, 0.15) is 17.4 Å². The molecule has 3 heterocycles. The summed E-state index contributed by atoms with van der Waals surface area (Å²) in [5.41, 5.74) is 4.29. The van der Waals surface area contributed by atoms with Crippen LogP contribution >= 0.6 is 0 Å². The molecule has 1 aliphatic heterocycles. The minimum atomic E-state index is -0.106. The van der Waals surface area contributed by atoms with Crippen LogP contribution in [0, 0.1) is 0 Å². The van der Waals surface area contributed by atoms with E-state index in [0.29, 0.717) is 12.1 Å². The standard InChI is InChI=1S/C23H21N3O3/c1-26-13-18(16-8-9-24-21(16)23(26)27)17-10-15(28-2)11-19-22(17)29-20(12-25-19)14-6-4-3-5-7-14/h3-11,13,20,24-25H,12H2,1-2H3. The molecule has 4 aromatic rings. The topological polar surface area (TPSA) is 68.3 Å². The number of rotatable bonds is 3. The molecule has 1 atom stereocenters. The number of hydrogen-bond donors (Lipinski definition) is 2. The maximum atomic E-state index is 12.5. The summed E-state index contributed by atoms with van der Waals surface area (Å²) in [5, 5.41) is 4.34. The number of H-pyrrole nitrogens is 1. The van der Waals surface area contributed by atoms with Crippen molar-refractivity contribution in [2.45, 2.75) is 6.10 Å². The van der Waals surface area contributed by atoms with E-state index in [9.17, 15) is 4.79 Å². The number of aromatic amines is 1. The number of hydrogen-bond acceptors (Lipinski definition) is 4. The van der Waals surface area contributed by atoms with Crippen LogP contribution in [0.2, 0.25) is 0 Å². The van der Waals surface area contributed by atoms with Gasteiger partial charge in [0.05, 0.1) is 19.3 Å². The molecule has 0 bridgehead atoms. The van der Waals surface area contributed by atoms with Gasteiger partial charge in [-0.3, -0.25) is 4.79 Å². The third-order valence-electron chi connectivity index (χ3n) is 5.39. The van der Waals surface area contributed by atoms with E-state index in [2.05, 4.69) is 22.4 Å². The van der Waals surface area contributed by atoms with Gasteiger partial charge in [0.2, 0.25) is 0 Å². The lowest BCUT2D eigenvalue weighted by Crippen LogP contribution is -2.24. The van der Waals surface area contributed by atoms with Gasteiger partial charge in [0, 0.05) is 42.0 Å². The zero-order chi connectivity index (χ0) is 20.0. The molecule has 1 unspecified atom stereocenters. The Morgan fingerprint density at radius 3 is 2.76 bits per heavy atom. The number of benzene rings is 2. The monoisotopic (exact) mass is 387 g/mol. The van der Waals surface area contributed by atoms with Gasteiger partial charge < -0.3 is 24.3 Å². The molecular formula is C23H21N3O3. The van der Waals surface area contributed by atoms with Crippen LogP contribution < -0.4 is 20.3 Å². The smallest absolute Gasteiger partial charge is 0.274 e. The van der Waals surface area contributed by atoms with E-state index >= 15 is 0 Å². The summed E-state index contributed by atoms with van der Waals surface area (Å²) in [7, 11) is 3.40. The third-order valence-corrected chi connectivity index (χ3v) is 5.39. The van der Waals surface area contributed by atoms with Crippen LogP contribution in [0.15, 0.2) is 65.7 Å². The van der Waals surface area contributed by atoms with Gasteiger partial charge >= 0.3 is 0 Å². The van der Waals surface area contributed by atoms with Crippen molar-refractivity contribution in [2.75, 3.05) is 19.0 Å². The Kier molecular flexibility index (Phi) is 4.05. The quantitative estimate of drug-likeness (QED) is 0.556. The van der Waals surface area contributed by atoms with E-state index < -0.39 is 0 Å². The van der Waals surface area contributed by atoms with Gasteiger partial charge in [-0.05, 0) is 17.7 Å². The number of anilines is 1. The van der Waals surface area contributed by atoms with Crippen molar-refractivity contribution in [1.82, 2.24) is 9.55 Å². The molecule has 0 saturated heterocycles. The summed E-state index contributed by atoms with van der Waals surface area (Å²) in [6.07, 6.45) is 3.53. The number of aryl methyl sites for hydroxylation is 1. The van der Waals surface area contributed by atoms with Crippen molar-refractivity contribution >= 4 is 16.6 Å². The largest absolute Gasteiger partial charge is 0.497 e. The molecule has 146 valence electrons. The SMILES string of the molecule is COc1cc2c(c(-c3cn(C)c(=O)c4[nH]ccc34)c1)OC(c1ccccc1)CN2.